The minimum atomic E-state index is -0.981. The van der Waals surface area contributed by atoms with E-state index < -0.39 is 17.5 Å². The lowest BCUT2D eigenvalue weighted by Gasteiger charge is -2.09. The highest BCUT2D eigenvalue weighted by Crippen LogP contribution is 2.30. The van der Waals surface area contributed by atoms with Crippen molar-refractivity contribution in [3.63, 3.8) is 0 Å². The molecular weight excluding hydrogens is 394 g/mol. The zero-order chi connectivity index (χ0) is 20.1. The third-order valence-electron chi connectivity index (χ3n) is 3.72. The van der Waals surface area contributed by atoms with Crippen LogP contribution in [0.15, 0.2) is 47.0 Å². The smallest absolute Gasteiger partial charge is 0.273 e. The van der Waals surface area contributed by atoms with E-state index >= 15 is 0 Å². The molecule has 0 radical (unpaired) electrons. The van der Waals surface area contributed by atoms with Gasteiger partial charge in [0.1, 0.15) is 6.61 Å². The van der Waals surface area contributed by atoms with Gasteiger partial charge in [0, 0.05) is 23.7 Å². The van der Waals surface area contributed by atoms with Crippen molar-refractivity contribution in [2.75, 3.05) is 7.11 Å². The SMILES string of the molecule is COc1cc(Cl)ccc1OCc1cc(C(=O)NCc2ccc(F)c(F)c2)no1. The lowest BCUT2D eigenvalue weighted by molar-refractivity contribution is 0.0941. The summed E-state index contributed by atoms with van der Waals surface area (Å²) in [7, 11) is 1.49. The number of carbonyl (C=O) groups excluding carboxylic acids is 1. The van der Waals surface area contributed by atoms with Gasteiger partial charge in [0.15, 0.2) is 34.6 Å². The van der Waals surface area contributed by atoms with E-state index in [0.717, 1.165) is 12.1 Å². The molecule has 0 saturated heterocycles. The summed E-state index contributed by atoms with van der Waals surface area (Å²) in [4.78, 5) is 12.1. The Morgan fingerprint density at radius 3 is 2.71 bits per heavy atom. The van der Waals surface area contributed by atoms with Crippen LogP contribution in [-0.2, 0) is 13.2 Å². The molecule has 3 aromatic rings. The van der Waals surface area contributed by atoms with E-state index in [1.165, 1.54) is 19.2 Å². The zero-order valence-corrected chi connectivity index (χ0v) is 15.4. The second-order valence-corrected chi connectivity index (χ2v) is 6.13. The van der Waals surface area contributed by atoms with Crippen LogP contribution in [0.4, 0.5) is 8.78 Å². The summed E-state index contributed by atoms with van der Waals surface area (Å²) in [6, 6.07) is 9.70. The Kier molecular flexibility index (Phi) is 6.10. The minimum Gasteiger partial charge on any atom is -0.493 e. The van der Waals surface area contributed by atoms with Gasteiger partial charge in [-0.1, -0.05) is 22.8 Å². The molecule has 0 atom stereocenters. The predicted octanol–water partition coefficient (Wildman–Crippen LogP) is 4.12. The van der Waals surface area contributed by atoms with Gasteiger partial charge in [-0.15, -0.1) is 0 Å². The molecule has 2 aromatic carbocycles. The molecule has 0 unspecified atom stereocenters. The second kappa shape index (κ2) is 8.71. The van der Waals surface area contributed by atoms with Gasteiger partial charge in [0.2, 0.25) is 0 Å². The van der Waals surface area contributed by atoms with E-state index in [9.17, 15) is 13.6 Å². The van der Waals surface area contributed by atoms with E-state index in [1.54, 1.807) is 18.2 Å². The van der Waals surface area contributed by atoms with Crippen LogP contribution in [0, 0.1) is 11.6 Å². The molecule has 0 aliphatic carbocycles. The molecular formula is C19H15ClF2N2O4. The van der Waals surface area contributed by atoms with Gasteiger partial charge in [-0.25, -0.2) is 8.78 Å². The van der Waals surface area contributed by atoms with Crippen molar-refractivity contribution in [3.8, 4) is 11.5 Å². The van der Waals surface area contributed by atoms with Crippen molar-refractivity contribution < 1.29 is 27.6 Å². The molecule has 1 aromatic heterocycles. The highest BCUT2D eigenvalue weighted by atomic mass is 35.5. The van der Waals surface area contributed by atoms with Crippen LogP contribution >= 0.6 is 11.6 Å². The zero-order valence-electron chi connectivity index (χ0n) is 14.7. The molecule has 3 rings (SSSR count). The summed E-state index contributed by atoms with van der Waals surface area (Å²) >= 11 is 5.89. The van der Waals surface area contributed by atoms with E-state index in [1.807, 2.05) is 0 Å². The van der Waals surface area contributed by atoms with Crippen LogP contribution in [-0.4, -0.2) is 18.2 Å². The number of hydrogen-bond acceptors (Lipinski definition) is 5. The summed E-state index contributed by atoms with van der Waals surface area (Å²) in [5.74, 6) is -1.23. The van der Waals surface area contributed by atoms with Crippen LogP contribution in [0.1, 0.15) is 21.8 Å². The average molecular weight is 409 g/mol. The Morgan fingerprint density at radius 1 is 1.14 bits per heavy atom. The fourth-order valence-electron chi connectivity index (χ4n) is 2.32. The molecule has 0 spiro atoms. The molecule has 1 heterocycles. The van der Waals surface area contributed by atoms with Crippen LogP contribution < -0.4 is 14.8 Å². The number of rotatable bonds is 7. The number of amides is 1. The number of aromatic nitrogens is 1. The Labute approximate surface area is 164 Å². The third-order valence-corrected chi connectivity index (χ3v) is 3.96. The maximum absolute atomic E-state index is 13.2. The topological polar surface area (TPSA) is 73.6 Å². The van der Waals surface area contributed by atoms with Crippen LogP contribution in [0.25, 0.3) is 0 Å². The summed E-state index contributed by atoms with van der Waals surface area (Å²) < 4.78 is 41.9. The fraction of sp³-hybridized carbons (Fsp3) is 0.158. The number of nitrogens with zero attached hydrogens (tertiary/aromatic N) is 1. The number of methoxy groups -OCH3 is 1. The molecule has 9 heteroatoms. The lowest BCUT2D eigenvalue weighted by atomic mass is 10.2. The van der Waals surface area contributed by atoms with Gasteiger partial charge >= 0.3 is 0 Å². The normalized spacial score (nSPS) is 10.6. The molecule has 6 nitrogen and oxygen atoms in total. The molecule has 1 amide bonds. The molecule has 0 fully saturated rings. The van der Waals surface area contributed by atoms with E-state index in [2.05, 4.69) is 10.5 Å². The minimum absolute atomic E-state index is 0.0106. The van der Waals surface area contributed by atoms with Crippen molar-refractivity contribution in [1.82, 2.24) is 10.5 Å². The van der Waals surface area contributed by atoms with Crippen molar-refractivity contribution in [3.05, 3.63) is 76.1 Å². The highest BCUT2D eigenvalue weighted by molar-refractivity contribution is 6.30. The van der Waals surface area contributed by atoms with Gasteiger partial charge < -0.3 is 19.3 Å². The third kappa shape index (κ3) is 4.77. The first-order valence-corrected chi connectivity index (χ1v) is 8.48. The standard InChI is InChI=1S/C19H15ClF2N2O4/c1-26-18-7-12(20)3-5-17(18)27-10-13-8-16(24-28-13)19(25)23-9-11-2-4-14(21)15(22)6-11/h2-8H,9-10H2,1H3,(H,23,25). The Morgan fingerprint density at radius 2 is 1.96 bits per heavy atom. The quantitative estimate of drug-likeness (QED) is 0.636. The predicted molar refractivity (Wildman–Crippen MR) is 96.4 cm³/mol. The Balaban J connectivity index is 1.57. The van der Waals surface area contributed by atoms with E-state index in [-0.39, 0.29) is 18.8 Å². The summed E-state index contributed by atoms with van der Waals surface area (Å²) in [6.45, 7) is 0.0259. The van der Waals surface area contributed by atoms with Crippen LogP contribution in [0.2, 0.25) is 5.02 Å². The number of hydrogen-bond donors (Lipinski definition) is 1. The van der Waals surface area contributed by atoms with Gasteiger partial charge in [-0.2, -0.15) is 0 Å². The van der Waals surface area contributed by atoms with Gasteiger partial charge in [0.05, 0.1) is 7.11 Å². The van der Waals surface area contributed by atoms with Crippen molar-refractivity contribution in [1.29, 1.82) is 0 Å². The molecule has 0 aliphatic rings. The number of halogens is 3. The number of benzene rings is 2. The number of carbonyl (C=O) groups is 1. The number of nitrogens with one attached hydrogen (secondary N) is 1. The van der Waals surface area contributed by atoms with Crippen molar-refractivity contribution in [2.45, 2.75) is 13.2 Å². The summed E-state index contributed by atoms with van der Waals surface area (Å²) in [6.07, 6.45) is 0. The van der Waals surface area contributed by atoms with Crippen LogP contribution in [0.3, 0.4) is 0 Å². The van der Waals surface area contributed by atoms with Gasteiger partial charge in [-0.3, -0.25) is 4.79 Å². The monoisotopic (exact) mass is 408 g/mol. The fourth-order valence-corrected chi connectivity index (χ4v) is 2.48. The Hall–Kier alpha value is -3.13. The molecule has 28 heavy (non-hydrogen) atoms. The summed E-state index contributed by atoms with van der Waals surface area (Å²) in [5, 5.41) is 6.73. The van der Waals surface area contributed by atoms with Crippen molar-refractivity contribution in [2.24, 2.45) is 0 Å². The number of ether oxygens (including phenoxy) is 2. The second-order valence-electron chi connectivity index (χ2n) is 5.69. The lowest BCUT2D eigenvalue weighted by Crippen LogP contribution is -2.23. The summed E-state index contributed by atoms with van der Waals surface area (Å²) in [5.41, 5.74) is 0.443. The maximum Gasteiger partial charge on any atom is 0.273 e. The average Bonchev–Trinajstić information content (AvgIpc) is 3.16. The van der Waals surface area contributed by atoms with Crippen molar-refractivity contribution >= 4 is 17.5 Å². The van der Waals surface area contributed by atoms with E-state index in [0.29, 0.717) is 27.8 Å². The van der Waals surface area contributed by atoms with Gasteiger partial charge in [-0.05, 0) is 29.8 Å². The molecule has 0 aliphatic heterocycles. The molecule has 146 valence electrons. The maximum atomic E-state index is 13.2. The molecule has 1 N–H and O–H groups in total. The van der Waals surface area contributed by atoms with Crippen LogP contribution in [0.5, 0.6) is 11.5 Å². The molecule has 0 saturated carbocycles. The first kappa shape index (κ1) is 19.6. The first-order chi connectivity index (χ1) is 13.5. The highest BCUT2D eigenvalue weighted by Gasteiger charge is 2.14. The first-order valence-electron chi connectivity index (χ1n) is 8.10. The van der Waals surface area contributed by atoms with Gasteiger partial charge in [0.25, 0.3) is 5.91 Å². The largest absolute Gasteiger partial charge is 0.493 e. The Bertz CT molecular complexity index is 994. The van der Waals surface area contributed by atoms with E-state index in [4.69, 9.17) is 25.6 Å². The molecule has 0 bridgehead atoms.